The number of allylic oxidation sites excluding steroid dienone is 2. The van der Waals surface area contributed by atoms with E-state index in [4.69, 9.17) is 9.40 Å². The zero-order chi connectivity index (χ0) is 18.7. The van der Waals surface area contributed by atoms with Crippen LogP contribution in [0, 0.1) is 33.6 Å². The molecule has 4 heteroatoms. The molecule has 0 spiro atoms. The van der Waals surface area contributed by atoms with Crippen LogP contribution in [0.1, 0.15) is 68.6 Å². The van der Waals surface area contributed by atoms with E-state index >= 15 is 0 Å². The number of furan rings is 1. The van der Waals surface area contributed by atoms with Gasteiger partial charge in [-0.25, -0.2) is 9.66 Å². The summed E-state index contributed by atoms with van der Waals surface area (Å²) in [5, 5.41) is 0. The van der Waals surface area contributed by atoms with E-state index < -0.39 is 0 Å². The number of nitrogens with one attached hydrogen (secondary N) is 1. The fourth-order valence-electron chi connectivity index (χ4n) is 3.76. The Morgan fingerprint density at radius 1 is 1.12 bits per heavy atom. The van der Waals surface area contributed by atoms with E-state index in [9.17, 15) is 0 Å². The molecule has 0 atom stereocenters. The van der Waals surface area contributed by atoms with Crippen LogP contribution in [0.2, 0.25) is 0 Å². The predicted molar refractivity (Wildman–Crippen MR) is 107 cm³/mol. The molecule has 0 bridgehead atoms. The van der Waals surface area contributed by atoms with Gasteiger partial charge in [0, 0.05) is 12.6 Å². The highest BCUT2D eigenvalue weighted by Crippen LogP contribution is 2.37. The van der Waals surface area contributed by atoms with E-state index in [0.717, 1.165) is 53.6 Å². The molecule has 0 radical (unpaired) electrons. The first kappa shape index (κ1) is 19.4. The number of rotatable bonds is 7. The van der Waals surface area contributed by atoms with Crippen molar-refractivity contribution >= 4 is 5.57 Å². The number of hydrogen-bond acceptors (Lipinski definition) is 3. The van der Waals surface area contributed by atoms with E-state index in [0.29, 0.717) is 5.92 Å². The minimum absolute atomic E-state index is 0.523. The van der Waals surface area contributed by atoms with E-state index in [1.165, 1.54) is 11.1 Å². The van der Waals surface area contributed by atoms with Crippen LogP contribution in [0.5, 0.6) is 0 Å². The monoisotopic (exact) mass is 343 g/mol. The molecule has 25 heavy (non-hydrogen) atoms. The first-order chi connectivity index (χ1) is 11.9. The summed E-state index contributed by atoms with van der Waals surface area (Å²) >= 11 is 0. The molecule has 0 amide bonds. The second-order valence-electron chi connectivity index (χ2n) is 6.72. The number of aromatic nitrogens is 2. The highest BCUT2D eigenvalue weighted by molar-refractivity contribution is 5.74. The summed E-state index contributed by atoms with van der Waals surface area (Å²) < 4.78 is 8.02. The molecular weight excluding hydrogens is 310 g/mol. The molecule has 1 N–H and O–H groups in total. The standard InChI is InChI=1S/C21H33N3O/c1-9-12-18(17(10-2)11-3)21-23-14(5)20(24(21)22-8)19-13(4)15(6)25-16(19)7/h12,17,22H,9-11H2,1-8H3/b18-12-. The third kappa shape index (κ3) is 3.39. The van der Waals surface area contributed by atoms with Crippen molar-refractivity contribution in [2.75, 3.05) is 12.5 Å². The van der Waals surface area contributed by atoms with Crippen LogP contribution < -0.4 is 5.43 Å². The Kier molecular flexibility index (Phi) is 6.15. The number of imidazole rings is 1. The smallest absolute Gasteiger partial charge is 0.155 e. The summed E-state index contributed by atoms with van der Waals surface area (Å²) in [6.07, 6.45) is 5.59. The SMILES string of the molecule is CC/C=C(\c1nc(C)c(-c2c(C)oc(C)c2C)n1NC)C(CC)CC. The van der Waals surface area contributed by atoms with Crippen LogP contribution >= 0.6 is 0 Å². The van der Waals surface area contributed by atoms with Gasteiger partial charge in [0.15, 0.2) is 5.82 Å². The summed E-state index contributed by atoms with van der Waals surface area (Å²) in [4.78, 5) is 4.98. The molecule has 2 heterocycles. The van der Waals surface area contributed by atoms with Gasteiger partial charge in [-0.2, -0.15) is 0 Å². The van der Waals surface area contributed by atoms with Crippen LogP contribution in [0.3, 0.4) is 0 Å². The summed E-state index contributed by atoms with van der Waals surface area (Å²) in [6, 6.07) is 0. The highest BCUT2D eigenvalue weighted by atomic mass is 16.3. The lowest BCUT2D eigenvalue weighted by atomic mass is 9.92. The molecule has 2 rings (SSSR count). The molecule has 0 aliphatic rings. The van der Waals surface area contributed by atoms with E-state index in [-0.39, 0.29) is 0 Å². The minimum atomic E-state index is 0.523. The topological polar surface area (TPSA) is 43.0 Å². The zero-order valence-corrected chi connectivity index (χ0v) is 17.1. The first-order valence-corrected chi connectivity index (χ1v) is 9.45. The number of nitrogens with zero attached hydrogens (tertiary/aromatic N) is 2. The van der Waals surface area contributed by atoms with Gasteiger partial charge < -0.3 is 9.84 Å². The average molecular weight is 344 g/mol. The Morgan fingerprint density at radius 3 is 2.20 bits per heavy atom. The first-order valence-electron chi connectivity index (χ1n) is 9.45. The van der Waals surface area contributed by atoms with Gasteiger partial charge >= 0.3 is 0 Å². The fourth-order valence-corrected chi connectivity index (χ4v) is 3.76. The Labute approximate surface area is 152 Å². The Morgan fingerprint density at radius 2 is 1.76 bits per heavy atom. The molecule has 0 aliphatic carbocycles. The third-order valence-corrected chi connectivity index (χ3v) is 5.18. The van der Waals surface area contributed by atoms with Crippen LogP contribution in [0.4, 0.5) is 0 Å². The van der Waals surface area contributed by atoms with Crippen LogP contribution in [0.25, 0.3) is 16.8 Å². The lowest BCUT2D eigenvalue weighted by Crippen LogP contribution is -2.17. The van der Waals surface area contributed by atoms with Crippen molar-refractivity contribution in [2.45, 2.75) is 67.7 Å². The molecule has 4 nitrogen and oxygen atoms in total. The molecule has 2 aromatic rings. The molecule has 0 saturated heterocycles. The molecule has 138 valence electrons. The van der Waals surface area contributed by atoms with Gasteiger partial charge in [-0.05, 0) is 64.0 Å². The maximum atomic E-state index is 5.88. The van der Waals surface area contributed by atoms with Crippen molar-refractivity contribution in [2.24, 2.45) is 5.92 Å². The molecule has 0 unspecified atom stereocenters. The van der Waals surface area contributed by atoms with Gasteiger partial charge in [0.1, 0.15) is 11.5 Å². The summed E-state index contributed by atoms with van der Waals surface area (Å²) in [6.45, 7) is 15.0. The van der Waals surface area contributed by atoms with Gasteiger partial charge in [-0.1, -0.05) is 26.8 Å². The maximum Gasteiger partial charge on any atom is 0.155 e. The van der Waals surface area contributed by atoms with Gasteiger partial charge in [0.25, 0.3) is 0 Å². The van der Waals surface area contributed by atoms with Crippen molar-refractivity contribution in [3.05, 3.63) is 34.7 Å². The quantitative estimate of drug-likeness (QED) is 0.693. The maximum absolute atomic E-state index is 5.88. The van der Waals surface area contributed by atoms with Gasteiger partial charge in [-0.3, -0.25) is 0 Å². The van der Waals surface area contributed by atoms with E-state index in [1.807, 2.05) is 20.9 Å². The minimum Gasteiger partial charge on any atom is -0.466 e. The van der Waals surface area contributed by atoms with E-state index in [1.54, 1.807) is 0 Å². The molecular formula is C21H33N3O. The summed E-state index contributed by atoms with van der Waals surface area (Å²) in [7, 11) is 1.96. The van der Waals surface area contributed by atoms with Crippen LogP contribution in [0.15, 0.2) is 10.5 Å². The van der Waals surface area contributed by atoms with Crippen molar-refractivity contribution in [3.8, 4) is 11.3 Å². The Bertz CT molecular complexity index is 761. The third-order valence-electron chi connectivity index (χ3n) is 5.18. The predicted octanol–water partition coefficient (Wildman–Crippen LogP) is 5.78. The van der Waals surface area contributed by atoms with Crippen molar-refractivity contribution in [1.29, 1.82) is 0 Å². The van der Waals surface area contributed by atoms with Gasteiger partial charge in [0.05, 0.1) is 11.4 Å². The van der Waals surface area contributed by atoms with Crippen molar-refractivity contribution < 1.29 is 4.42 Å². The zero-order valence-electron chi connectivity index (χ0n) is 17.1. The summed E-state index contributed by atoms with van der Waals surface area (Å²) in [5.41, 5.74) is 9.18. The lowest BCUT2D eigenvalue weighted by molar-refractivity contribution is 0.503. The Balaban J connectivity index is 2.73. The average Bonchev–Trinajstić information content (AvgIpc) is 3.03. The second kappa shape index (κ2) is 7.94. The molecule has 0 aromatic carbocycles. The molecule has 0 saturated carbocycles. The Hall–Kier alpha value is -1.97. The second-order valence-corrected chi connectivity index (χ2v) is 6.72. The van der Waals surface area contributed by atoms with E-state index in [2.05, 4.69) is 50.8 Å². The normalized spacial score (nSPS) is 12.3. The molecule has 0 aliphatic heterocycles. The molecule has 2 aromatic heterocycles. The van der Waals surface area contributed by atoms with Crippen LogP contribution in [-0.4, -0.2) is 16.7 Å². The fraction of sp³-hybridized carbons (Fsp3) is 0.571. The molecule has 0 fully saturated rings. The highest BCUT2D eigenvalue weighted by Gasteiger charge is 2.25. The largest absolute Gasteiger partial charge is 0.466 e. The van der Waals surface area contributed by atoms with Crippen molar-refractivity contribution in [1.82, 2.24) is 9.66 Å². The van der Waals surface area contributed by atoms with Gasteiger partial charge in [0.2, 0.25) is 0 Å². The summed E-state index contributed by atoms with van der Waals surface area (Å²) in [5.74, 6) is 3.48. The van der Waals surface area contributed by atoms with Gasteiger partial charge in [-0.15, -0.1) is 0 Å². The van der Waals surface area contributed by atoms with Crippen molar-refractivity contribution in [3.63, 3.8) is 0 Å². The van der Waals surface area contributed by atoms with Crippen LogP contribution in [-0.2, 0) is 0 Å². The number of aryl methyl sites for hydroxylation is 3. The number of hydrogen-bond donors (Lipinski definition) is 1. The lowest BCUT2D eigenvalue weighted by Gasteiger charge is -2.19.